The second-order valence-electron chi connectivity index (χ2n) is 6.30. The largest absolute Gasteiger partial charge is 0.490 e. The molecular formula is C20H23N3O2. The van der Waals surface area contributed by atoms with Gasteiger partial charge in [0.15, 0.2) is 0 Å². The molecule has 2 aromatic rings. The predicted molar refractivity (Wildman–Crippen MR) is 101 cm³/mol. The molecule has 3 rings (SSSR count). The Hall–Kier alpha value is -2.82. The van der Waals surface area contributed by atoms with Crippen molar-refractivity contribution >= 4 is 11.6 Å². The minimum atomic E-state index is -0.371. The first kappa shape index (κ1) is 17.0. The molecule has 0 amide bonds. The average Bonchev–Trinajstić information content (AvgIpc) is 2.61. The maximum Gasteiger partial charge on any atom is 0.316 e. The van der Waals surface area contributed by atoms with Gasteiger partial charge in [0, 0.05) is 12.2 Å². The van der Waals surface area contributed by atoms with E-state index in [9.17, 15) is 4.79 Å². The van der Waals surface area contributed by atoms with Gasteiger partial charge in [0.05, 0.1) is 13.3 Å². The van der Waals surface area contributed by atoms with Gasteiger partial charge in [-0.1, -0.05) is 35.9 Å². The van der Waals surface area contributed by atoms with Crippen molar-refractivity contribution in [1.82, 2.24) is 9.55 Å². The summed E-state index contributed by atoms with van der Waals surface area (Å²) in [4.78, 5) is 16.3. The predicted octanol–water partition coefficient (Wildman–Crippen LogP) is 3.89. The second kappa shape index (κ2) is 7.38. The van der Waals surface area contributed by atoms with Crippen molar-refractivity contribution < 1.29 is 4.74 Å². The molecule has 0 saturated carbocycles. The molecule has 0 atom stereocenters. The molecule has 1 aromatic heterocycles. The van der Waals surface area contributed by atoms with Crippen molar-refractivity contribution in [3.8, 4) is 5.75 Å². The molecule has 0 spiro atoms. The Morgan fingerprint density at radius 2 is 2.16 bits per heavy atom. The summed E-state index contributed by atoms with van der Waals surface area (Å²) in [5.41, 5.74) is 4.11. The summed E-state index contributed by atoms with van der Waals surface area (Å²) in [5.74, 6) is 0.772. The quantitative estimate of drug-likeness (QED) is 0.899. The third kappa shape index (κ3) is 3.99. The lowest BCUT2D eigenvalue weighted by Gasteiger charge is -2.18. The molecule has 0 aliphatic heterocycles. The number of aryl methyl sites for hydroxylation is 2. The van der Waals surface area contributed by atoms with Crippen molar-refractivity contribution in [2.75, 3.05) is 12.4 Å². The smallest absolute Gasteiger partial charge is 0.316 e. The summed E-state index contributed by atoms with van der Waals surface area (Å²) in [5, 5.41) is 3.31. The van der Waals surface area contributed by atoms with Gasteiger partial charge in [-0.2, -0.15) is 4.98 Å². The summed E-state index contributed by atoms with van der Waals surface area (Å²) < 4.78 is 7.10. The number of anilines is 2. The van der Waals surface area contributed by atoms with E-state index in [1.807, 2.05) is 18.4 Å². The fraction of sp³-hybridized carbons (Fsp3) is 0.300. The molecule has 0 unspecified atom stereocenters. The number of hydrogen-bond acceptors (Lipinski definition) is 4. The van der Waals surface area contributed by atoms with Crippen LogP contribution in [0.2, 0.25) is 0 Å². The molecule has 0 fully saturated rings. The topological polar surface area (TPSA) is 56.1 Å². The minimum absolute atomic E-state index is 0.249. The number of ether oxygens (including phenoxy) is 1. The molecule has 1 aromatic carbocycles. The molecule has 0 radical (unpaired) electrons. The van der Waals surface area contributed by atoms with Gasteiger partial charge < -0.3 is 14.6 Å². The zero-order valence-corrected chi connectivity index (χ0v) is 14.9. The van der Waals surface area contributed by atoms with Crippen LogP contribution in [-0.2, 0) is 6.54 Å². The van der Waals surface area contributed by atoms with Gasteiger partial charge in [0.2, 0.25) is 11.7 Å². The SMILES string of the molecule is COc1cn(CC2=CC=CCC2)c(Nc2cc(C)ccc2C)nc1=O. The Bertz CT molecular complexity index is 894. The normalized spacial score (nSPS) is 13.5. The maximum absolute atomic E-state index is 12.1. The Morgan fingerprint density at radius 1 is 1.32 bits per heavy atom. The van der Waals surface area contributed by atoms with Crippen LogP contribution in [0.25, 0.3) is 0 Å². The Labute approximate surface area is 147 Å². The summed E-state index contributed by atoms with van der Waals surface area (Å²) in [6.07, 6.45) is 10.1. The van der Waals surface area contributed by atoms with Crippen LogP contribution in [0, 0.1) is 13.8 Å². The maximum atomic E-state index is 12.1. The number of benzene rings is 1. The zero-order chi connectivity index (χ0) is 17.8. The van der Waals surface area contributed by atoms with Crippen LogP contribution < -0.4 is 15.6 Å². The van der Waals surface area contributed by atoms with Gasteiger partial charge in [-0.25, -0.2) is 0 Å². The zero-order valence-electron chi connectivity index (χ0n) is 14.9. The van der Waals surface area contributed by atoms with Gasteiger partial charge in [-0.3, -0.25) is 4.79 Å². The number of allylic oxidation sites excluding steroid dienone is 4. The lowest BCUT2D eigenvalue weighted by atomic mass is 10.1. The van der Waals surface area contributed by atoms with Crippen LogP contribution in [-0.4, -0.2) is 16.7 Å². The molecule has 5 nitrogen and oxygen atoms in total. The van der Waals surface area contributed by atoms with E-state index in [1.54, 1.807) is 6.20 Å². The molecule has 5 heteroatoms. The van der Waals surface area contributed by atoms with Gasteiger partial charge >= 0.3 is 5.56 Å². The lowest BCUT2D eigenvalue weighted by Crippen LogP contribution is -2.19. The number of aromatic nitrogens is 2. The summed E-state index contributed by atoms with van der Waals surface area (Å²) in [6, 6.07) is 6.17. The highest BCUT2D eigenvalue weighted by atomic mass is 16.5. The van der Waals surface area contributed by atoms with Gasteiger partial charge in [-0.05, 0) is 43.9 Å². The van der Waals surface area contributed by atoms with Gasteiger partial charge in [0.1, 0.15) is 0 Å². The van der Waals surface area contributed by atoms with Crippen LogP contribution >= 0.6 is 0 Å². The van der Waals surface area contributed by atoms with E-state index in [1.165, 1.54) is 12.7 Å². The van der Waals surface area contributed by atoms with E-state index < -0.39 is 0 Å². The molecule has 25 heavy (non-hydrogen) atoms. The fourth-order valence-corrected chi connectivity index (χ4v) is 2.83. The second-order valence-corrected chi connectivity index (χ2v) is 6.30. The van der Waals surface area contributed by atoms with Crippen LogP contribution in [0.4, 0.5) is 11.6 Å². The highest BCUT2D eigenvalue weighted by Crippen LogP contribution is 2.23. The number of hydrogen-bond donors (Lipinski definition) is 1. The number of methoxy groups -OCH3 is 1. The van der Waals surface area contributed by atoms with E-state index in [0.29, 0.717) is 12.5 Å². The Balaban J connectivity index is 2.00. The number of nitrogens with zero attached hydrogens (tertiary/aromatic N) is 2. The lowest BCUT2D eigenvalue weighted by molar-refractivity contribution is 0.402. The molecule has 1 N–H and O–H groups in total. The van der Waals surface area contributed by atoms with Crippen molar-refractivity contribution in [1.29, 1.82) is 0 Å². The highest BCUT2D eigenvalue weighted by Gasteiger charge is 2.12. The summed E-state index contributed by atoms with van der Waals surface area (Å²) >= 11 is 0. The molecule has 1 aliphatic rings. The van der Waals surface area contributed by atoms with Gasteiger partial charge in [0.25, 0.3) is 0 Å². The molecule has 1 aliphatic carbocycles. The molecular weight excluding hydrogens is 314 g/mol. The van der Waals surface area contributed by atoms with Crippen LogP contribution in [0.3, 0.4) is 0 Å². The van der Waals surface area contributed by atoms with E-state index in [4.69, 9.17) is 4.74 Å². The fourth-order valence-electron chi connectivity index (χ4n) is 2.83. The van der Waals surface area contributed by atoms with Crippen molar-refractivity contribution in [3.05, 3.63) is 69.7 Å². The third-order valence-corrected chi connectivity index (χ3v) is 4.30. The molecule has 130 valence electrons. The molecule has 0 saturated heterocycles. The first-order valence-corrected chi connectivity index (χ1v) is 8.41. The monoisotopic (exact) mass is 337 g/mol. The minimum Gasteiger partial charge on any atom is -0.490 e. The van der Waals surface area contributed by atoms with E-state index in [-0.39, 0.29) is 11.3 Å². The standard InChI is InChI=1S/C20H23N3O2/c1-14-9-10-15(2)17(11-14)21-20-22-19(24)18(25-3)13-23(20)12-16-7-5-4-6-8-16/h4-5,7,9-11,13H,6,8,12H2,1-3H3,(H,21,22,24). The van der Waals surface area contributed by atoms with E-state index in [2.05, 4.69) is 46.7 Å². The van der Waals surface area contributed by atoms with Crippen LogP contribution in [0.5, 0.6) is 5.75 Å². The molecule has 0 bridgehead atoms. The number of rotatable bonds is 5. The van der Waals surface area contributed by atoms with Crippen molar-refractivity contribution in [2.45, 2.75) is 33.2 Å². The molecule has 1 heterocycles. The van der Waals surface area contributed by atoms with Crippen LogP contribution in [0.1, 0.15) is 24.0 Å². The Kier molecular flexibility index (Phi) is 5.03. The van der Waals surface area contributed by atoms with Crippen LogP contribution in [0.15, 0.2) is 53.0 Å². The summed E-state index contributed by atoms with van der Waals surface area (Å²) in [7, 11) is 1.49. The van der Waals surface area contributed by atoms with E-state index in [0.717, 1.165) is 29.7 Å². The Morgan fingerprint density at radius 3 is 2.88 bits per heavy atom. The first-order chi connectivity index (χ1) is 12.1. The van der Waals surface area contributed by atoms with Crippen molar-refractivity contribution in [3.63, 3.8) is 0 Å². The first-order valence-electron chi connectivity index (χ1n) is 8.41. The average molecular weight is 337 g/mol. The third-order valence-electron chi connectivity index (χ3n) is 4.30. The van der Waals surface area contributed by atoms with Gasteiger partial charge in [-0.15, -0.1) is 0 Å². The number of nitrogens with one attached hydrogen (secondary N) is 1. The summed E-state index contributed by atoms with van der Waals surface area (Å²) in [6.45, 7) is 4.74. The van der Waals surface area contributed by atoms with Crippen molar-refractivity contribution in [2.24, 2.45) is 0 Å². The van der Waals surface area contributed by atoms with E-state index >= 15 is 0 Å². The highest BCUT2D eigenvalue weighted by molar-refractivity contribution is 5.59.